The Hall–Kier alpha value is -1.39. The lowest BCUT2D eigenvalue weighted by Crippen LogP contribution is -2.32. The van der Waals surface area contributed by atoms with Crippen molar-refractivity contribution in [1.29, 1.82) is 0 Å². The molecule has 2 N–H and O–H groups in total. The van der Waals surface area contributed by atoms with Crippen molar-refractivity contribution in [2.75, 3.05) is 0 Å². The van der Waals surface area contributed by atoms with E-state index < -0.39 is 12.1 Å². The fourth-order valence-corrected chi connectivity index (χ4v) is 2.05. The van der Waals surface area contributed by atoms with Crippen LogP contribution in [0.1, 0.15) is 25.7 Å². The Kier molecular flexibility index (Phi) is 2.23. The molecule has 2 atom stereocenters. The molecule has 2 fully saturated rings. The predicted molar refractivity (Wildman–Crippen MR) is 47.4 cm³/mol. The molecule has 0 bridgehead atoms. The highest BCUT2D eigenvalue weighted by Crippen LogP contribution is 2.25. The third kappa shape index (κ3) is 1.62. The van der Waals surface area contributed by atoms with Crippen LogP contribution >= 0.6 is 0 Å². The van der Waals surface area contributed by atoms with E-state index in [4.69, 9.17) is 0 Å². The number of amides is 3. The van der Waals surface area contributed by atoms with E-state index >= 15 is 0 Å². The van der Waals surface area contributed by atoms with Crippen LogP contribution in [0.4, 0.5) is 4.79 Å². The highest BCUT2D eigenvalue weighted by atomic mass is 16.2. The Labute approximate surface area is 81.2 Å². The van der Waals surface area contributed by atoms with Gasteiger partial charge in [-0.3, -0.25) is 14.9 Å². The molecule has 0 aromatic heterocycles. The lowest BCUT2D eigenvalue weighted by atomic mass is 9.98. The van der Waals surface area contributed by atoms with E-state index in [0.29, 0.717) is 12.8 Å². The molecule has 76 valence electrons. The number of rotatable bonds is 2. The monoisotopic (exact) mass is 196 g/mol. The number of nitrogens with one attached hydrogen (secondary N) is 2. The topological polar surface area (TPSA) is 75.3 Å². The molecule has 3 amide bonds. The van der Waals surface area contributed by atoms with Crippen molar-refractivity contribution < 1.29 is 14.4 Å². The predicted octanol–water partition coefficient (Wildman–Crippen LogP) is -0.0463. The number of hydrogen-bond donors (Lipinski definition) is 2. The van der Waals surface area contributed by atoms with Crippen molar-refractivity contribution in [3.05, 3.63) is 0 Å². The van der Waals surface area contributed by atoms with Gasteiger partial charge in [0.25, 0.3) is 5.91 Å². The van der Waals surface area contributed by atoms with Crippen molar-refractivity contribution in [2.24, 2.45) is 5.92 Å². The van der Waals surface area contributed by atoms with Gasteiger partial charge >= 0.3 is 6.03 Å². The van der Waals surface area contributed by atoms with E-state index in [9.17, 15) is 14.4 Å². The van der Waals surface area contributed by atoms with Gasteiger partial charge in [-0.15, -0.1) is 0 Å². The quantitative estimate of drug-likeness (QED) is 0.608. The summed E-state index contributed by atoms with van der Waals surface area (Å²) in [6, 6.07) is -0.958. The van der Waals surface area contributed by atoms with E-state index in [2.05, 4.69) is 10.6 Å². The van der Waals surface area contributed by atoms with Crippen molar-refractivity contribution in [2.45, 2.75) is 31.7 Å². The number of hydrogen-bond acceptors (Lipinski definition) is 3. The number of urea groups is 1. The molecule has 1 saturated carbocycles. The summed E-state index contributed by atoms with van der Waals surface area (Å²) in [6.07, 6.45) is 2.83. The lowest BCUT2D eigenvalue weighted by Gasteiger charge is -2.11. The van der Waals surface area contributed by atoms with Crippen LogP contribution in [0, 0.1) is 5.92 Å². The van der Waals surface area contributed by atoms with Crippen LogP contribution in [-0.2, 0) is 9.59 Å². The van der Waals surface area contributed by atoms with Crippen molar-refractivity contribution >= 4 is 17.7 Å². The summed E-state index contributed by atoms with van der Waals surface area (Å²) in [5.41, 5.74) is 0. The largest absolute Gasteiger partial charge is 0.326 e. The van der Waals surface area contributed by atoms with Crippen LogP contribution in [0.3, 0.4) is 0 Å². The zero-order valence-corrected chi connectivity index (χ0v) is 7.71. The van der Waals surface area contributed by atoms with Gasteiger partial charge in [-0.05, 0) is 19.3 Å². The average molecular weight is 196 g/mol. The summed E-state index contributed by atoms with van der Waals surface area (Å²) >= 11 is 0. The number of carbonyl (C=O) groups is 3. The molecule has 0 radical (unpaired) electrons. The van der Waals surface area contributed by atoms with Crippen molar-refractivity contribution in [1.82, 2.24) is 10.6 Å². The van der Waals surface area contributed by atoms with Gasteiger partial charge in [0.1, 0.15) is 11.8 Å². The Morgan fingerprint density at radius 1 is 1.29 bits per heavy atom. The molecule has 5 heteroatoms. The zero-order valence-electron chi connectivity index (χ0n) is 7.71. The number of ketones is 1. The van der Waals surface area contributed by atoms with E-state index in [-0.39, 0.29) is 17.6 Å². The highest BCUT2D eigenvalue weighted by molar-refractivity contribution is 6.04. The lowest BCUT2D eigenvalue weighted by molar-refractivity contribution is -0.122. The van der Waals surface area contributed by atoms with Crippen LogP contribution in [-0.4, -0.2) is 23.8 Å². The Bertz CT molecular complexity index is 300. The summed E-state index contributed by atoms with van der Waals surface area (Å²) in [6.45, 7) is 0. The normalized spacial score (nSPS) is 31.9. The molecule has 2 rings (SSSR count). The van der Waals surface area contributed by atoms with Gasteiger partial charge in [0, 0.05) is 12.3 Å². The number of imide groups is 1. The fraction of sp³-hybridized carbons (Fsp3) is 0.667. The molecule has 1 heterocycles. The smallest absolute Gasteiger partial charge is 0.322 e. The van der Waals surface area contributed by atoms with E-state index in [1.54, 1.807) is 0 Å². The molecule has 1 aliphatic heterocycles. The first-order valence-corrected chi connectivity index (χ1v) is 4.81. The molecule has 2 aliphatic rings. The Balaban J connectivity index is 1.94. The van der Waals surface area contributed by atoms with Gasteiger partial charge < -0.3 is 5.32 Å². The minimum absolute atomic E-state index is 0.0378. The molecule has 0 aromatic rings. The fourth-order valence-electron chi connectivity index (χ4n) is 2.05. The van der Waals surface area contributed by atoms with Gasteiger partial charge in [-0.1, -0.05) is 0 Å². The van der Waals surface area contributed by atoms with Crippen LogP contribution < -0.4 is 10.6 Å². The molecule has 1 aliphatic carbocycles. The van der Waals surface area contributed by atoms with Crippen LogP contribution in [0.15, 0.2) is 0 Å². The van der Waals surface area contributed by atoms with E-state index in [0.717, 1.165) is 12.8 Å². The van der Waals surface area contributed by atoms with Crippen LogP contribution in [0.2, 0.25) is 0 Å². The molecule has 1 unspecified atom stereocenters. The second kappa shape index (κ2) is 3.40. The first kappa shape index (κ1) is 9.18. The first-order valence-electron chi connectivity index (χ1n) is 4.81. The number of carbonyl (C=O) groups excluding carboxylic acids is 3. The summed E-state index contributed by atoms with van der Waals surface area (Å²) in [4.78, 5) is 33.3. The van der Waals surface area contributed by atoms with Crippen molar-refractivity contribution in [3.63, 3.8) is 0 Å². The maximum absolute atomic E-state index is 11.3. The zero-order chi connectivity index (χ0) is 10.1. The molecule has 5 nitrogen and oxygen atoms in total. The van der Waals surface area contributed by atoms with Gasteiger partial charge in [0.15, 0.2) is 0 Å². The summed E-state index contributed by atoms with van der Waals surface area (Å²) in [5.74, 6) is -0.127. The van der Waals surface area contributed by atoms with Crippen molar-refractivity contribution in [3.8, 4) is 0 Å². The molecule has 0 aromatic carbocycles. The highest BCUT2D eigenvalue weighted by Gasteiger charge is 2.35. The molecule has 14 heavy (non-hydrogen) atoms. The van der Waals surface area contributed by atoms with Crippen LogP contribution in [0.5, 0.6) is 0 Å². The number of Topliss-reactive ketones (excluding diaryl/α,β-unsaturated/α-hetero) is 1. The molecule has 0 spiro atoms. The molecular formula is C9H12N2O3. The SMILES string of the molecule is O=C1NC(=O)[C@@H](CC2CCCC2=O)N1. The summed E-state index contributed by atoms with van der Waals surface area (Å²) < 4.78 is 0. The minimum Gasteiger partial charge on any atom is -0.326 e. The second-order valence-corrected chi connectivity index (χ2v) is 3.81. The Morgan fingerprint density at radius 2 is 2.07 bits per heavy atom. The minimum atomic E-state index is -0.505. The third-order valence-electron chi connectivity index (χ3n) is 2.81. The van der Waals surface area contributed by atoms with Gasteiger partial charge in [-0.25, -0.2) is 4.79 Å². The summed E-state index contributed by atoms with van der Waals surface area (Å²) in [5, 5.41) is 4.65. The van der Waals surface area contributed by atoms with Gasteiger partial charge in [-0.2, -0.15) is 0 Å². The molecular weight excluding hydrogens is 184 g/mol. The summed E-state index contributed by atoms with van der Waals surface area (Å²) in [7, 11) is 0. The third-order valence-corrected chi connectivity index (χ3v) is 2.81. The second-order valence-electron chi connectivity index (χ2n) is 3.81. The van der Waals surface area contributed by atoms with E-state index in [1.807, 2.05) is 0 Å². The standard InChI is InChI=1S/C9H12N2O3/c12-7-3-1-2-5(7)4-6-8(13)11-9(14)10-6/h5-6H,1-4H2,(H2,10,11,13,14)/t5?,6-/m1/s1. The Morgan fingerprint density at radius 3 is 2.57 bits per heavy atom. The maximum atomic E-state index is 11.3. The van der Waals surface area contributed by atoms with Crippen LogP contribution in [0.25, 0.3) is 0 Å². The van der Waals surface area contributed by atoms with E-state index in [1.165, 1.54) is 0 Å². The molecule has 1 saturated heterocycles. The van der Waals surface area contributed by atoms with Gasteiger partial charge in [0.05, 0.1) is 0 Å². The first-order chi connectivity index (χ1) is 6.66. The maximum Gasteiger partial charge on any atom is 0.322 e. The van der Waals surface area contributed by atoms with Gasteiger partial charge in [0.2, 0.25) is 0 Å². The average Bonchev–Trinajstić information content (AvgIpc) is 2.62.